The third-order valence-electron chi connectivity index (χ3n) is 2.60. The summed E-state index contributed by atoms with van der Waals surface area (Å²) in [6, 6.07) is 7.70. The van der Waals surface area contributed by atoms with E-state index < -0.39 is 0 Å². The molecule has 4 nitrogen and oxygen atoms in total. The van der Waals surface area contributed by atoms with Gasteiger partial charge in [0.25, 0.3) is 0 Å². The fourth-order valence-electron chi connectivity index (χ4n) is 1.82. The SMILES string of the molecule is N#Cc1cc(N)ccc1N1CCNCC1. The number of piperazine rings is 1. The number of nitrogens with one attached hydrogen (secondary N) is 1. The van der Waals surface area contributed by atoms with Crippen molar-refractivity contribution in [2.24, 2.45) is 0 Å². The second-order valence-corrected chi connectivity index (χ2v) is 3.63. The molecule has 15 heavy (non-hydrogen) atoms. The second-order valence-electron chi connectivity index (χ2n) is 3.63. The maximum atomic E-state index is 9.03. The number of benzene rings is 1. The van der Waals surface area contributed by atoms with Crippen LogP contribution in [0.25, 0.3) is 0 Å². The zero-order valence-electron chi connectivity index (χ0n) is 8.53. The first kappa shape index (κ1) is 9.81. The first-order chi connectivity index (χ1) is 7.31. The minimum atomic E-state index is 0.644. The summed E-state index contributed by atoms with van der Waals surface area (Å²) in [5, 5.41) is 12.3. The van der Waals surface area contributed by atoms with E-state index >= 15 is 0 Å². The van der Waals surface area contributed by atoms with E-state index in [-0.39, 0.29) is 0 Å². The van der Waals surface area contributed by atoms with Crippen molar-refractivity contribution in [3.05, 3.63) is 23.8 Å². The smallest absolute Gasteiger partial charge is 0.101 e. The minimum Gasteiger partial charge on any atom is -0.399 e. The van der Waals surface area contributed by atoms with Crippen molar-refractivity contribution in [1.82, 2.24) is 5.32 Å². The van der Waals surface area contributed by atoms with Crippen LogP contribution in [0.5, 0.6) is 0 Å². The van der Waals surface area contributed by atoms with Gasteiger partial charge in [-0.25, -0.2) is 0 Å². The standard InChI is InChI=1S/C11H14N4/c12-8-9-7-10(13)1-2-11(9)15-5-3-14-4-6-15/h1-2,7,14H,3-6,13H2. The Morgan fingerprint density at radius 1 is 1.33 bits per heavy atom. The Kier molecular flexibility index (Phi) is 2.75. The maximum Gasteiger partial charge on any atom is 0.101 e. The molecule has 0 aromatic heterocycles. The van der Waals surface area contributed by atoms with E-state index in [1.54, 1.807) is 6.07 Å². The van der Waals surface area contributed by atoms with Crippen molar-refractivity contribution in [1.29, 1.82) is 5.26 Å². The molecule has 0 saturated carbocycles. The van der Waals surface area contributed by atoms with Gasteiger partial charge in [0, 0.05) is 31.9 Å². The summed E-state index contributed by atoms with van der Waals surface area (Å²) < 4.78 is 0. The second kappa shape index (κ2) is 4.20. The zero-order valence-corrected chi connectivity index (χ0v) is 8.53. The number of hydrogen-bond donors (Lipinski definition) is 2. The number of nitrogens with zero attached hydrogens (tertiary/aromatic N) is 2. The Morgan fingerprint density at radius 3 is 2.73 bits per heavy atom. The fourth-order valence-corrected chi connectivity index (χ4v) is 1.82. The van der Waals surface area contributed by atoms with Crippen LogP contribution in [0.1, 0.15) is 5.56 Å². The van der Waals surface area contributed by atoms with Crippen LogP contribution >= 0.6 is 0 Å². The third-order valence-corrected chi connectivity index (χ3v) is 2.60. The fraction of sp³-hybridized carbons (Fsp3) is 0.364. The van der Waals surface area contributed by atoms with Crippen LogP contribution in [0.15, 0.2) is 18.2 Å². The summed E-state index contributed by atoms with van der Waals surface area (Å²) in [6.45, 7) is 3.82. The maximum absolute atomic E-state index is 9.03. The summed E-state index contributed by atoms with van der Waals surface area (Å²) >= 11 is 0. The van der Waals surface area contributed by atoms with Crippen LogP contribution in [0.3, 0.4) is 0 Å². The average Bonchev–Trinajstić information content (AvgIpc) is 2.30. The highest BCUT2D eigenvalue weighted by Crippen LogP contribution is 2.22. The van der Waals surface area contributed by atoms with Gasteiger partial charge in [0.2, 0.25) is 0 Å². The Balaban J connectivity index is 2.30. The highest BCUT2D eigenvalue weighted by atomic mass is 15.2. The van der Waals surface area contributed by atoms with Crippen molar-refractivity contribution >= 4 is 11.4 Å². The van der Waals surface area contributed by atoms with Crippen molar-refractivity contribution in [3.8, 4) is 6.07 Å². The first-order valence-electron chi connectivity index (χ1n) is 5.06. The van der Waals surface area contributed by atoms with Gasteiger partial charge in [-0.15, -0.1) is 0 Å². The van der Waals surface area contributed by atoms with Gasteiger partial charge in [0.1, 0.15) is 6.07 Å². The molecule has 1 aliphatic heterocycles. The van der Waals surface area contributed by atoms with Crippen molar-refractivity contribution in [3.63, 3.8) is 0 Å². The molecule has 1 saturated heterocycles. The van der Waals surface area contributed by atoms with Crippen LogP contribution in [0.4, 0.5) is 11.4 Å². The lowest BCUT2D eigenvalue weighted by Gasteiger charge is -2.30. The van der Waals surface area contributed by atoms with Crippen LogP contribution in [0, 0.1) is 11.3 Å². The molecular formula is C11H14N4. The molecule has 0 bridgehead atoms. The van der Waals surface area contributed by atoms with Gasteiger partial charge < -0.3 is 16.0 Å². The topological polar surface area (TPSA) is 65.1 Å². The van der Waals surface area contributed by atoms with Crippen LogP contribution in [0.2, 0.25) is 0 Å². The van der Waals surface area contributed by atoms with E-state index in [2.05, 4.69) is 16.3 Å². The van der Waals surface area contributed by atoms with Crippen LogP contribution in [-0.4, -0.2) is 26.2 Å². The van der Waals surface area contributed by atoms with Gasteiger partial charge in [0.15, 0.2) is 0 Å². The lowest BCUT2D eigenvalue weighted by molar-refractivity contribution is 0.589. The Labute approximate surface area is 89.3 Å². The Hall–Kier alpha value is -1.73. The lowest BCUT2D eigenvalue weighted by atomic mass is 10.1. The average molecular weight is 202 g/mol. The van der Waals surface area contributed by atoms with Gasteiger partial charge in [-0.1, -0.05) is 0 Å². The molecule has 0 radical (unpaired) electrons. The molecule has 0 spiro atoms. The predicted octanol–water partition coefficient (Wildman–Crippen LogP) is 0.550. The monoisotopic (exact) mass is 202 g/mol. The van der Waals surface area contributed by atoms with E-state index in [0.717, 1.165) is 31.9 Å². The van der Waals surface area contributed by atoms with Gasteiger partial charge in [-0.05, 0) is 18.2 Å². The number of nitrogen functional groups attached to an aromatic ring is 1. The van der Waals surface area contributed by atoms with Crippen LogP contribution < -0.4 is 16.0 Å². The molecule has 1 aliphatic rings. The number of nitriles is 1. The molecule has 1 aromatic carbocycles. The highest BCUT2D eigenvalue weighted by Gasteiger charge is 2.13. The summed E-state index contributed by atoms with van der Waals surface area (Å²) in [6.07, 6.45) is 0. The highest BCUT2D eigenvalue weighted by molar-refractivity contribution is 5.64. The predicted molar refractivity (Wildman–Crippen MR) is 60.7 cm³/mol. The molecule has 4 heteroatoms. The number of hydrogen-bond acceptors (Lipinski definition) is 4. The van der Waals surface area contributed by atoms with E-state index in [9.17, 15) is 0 Å². The zero-order chi connectivity index (χ0) is 10.7. The van der Waals surface area contributed by atoms with Crippen molar-refractivity contribution in [2.45, 2.75) is 0 Å². The molecular weight excluding hydrogens is 188 g/mol. The molecule has 78 valence electrons. The summed E-state index contributed by atoms with van der Waals surface area (Å²) in [4.78, 5) is 2.22. The summed E-state index contributed by atoms with van der Waals surface area (Å²) in [5.74, 6) is 0. The van der Waals surface area contributed by atoms with Crippen molar-refractivity contribution < 1.29 is 0 Å². The lowest BCUT2D eigenvalue weighted by Crippen LogP contribution is -2.43. The van der Waals surface area contributed by atoms with Gasteiger partial charge in [-0.2, -0.15) is 5.26 Å². The van der Waals surface area contributed by atoms with Crippen molar-refractivity contribution in [2.75, 3.05) is 36.8 Å². The third kappa shape index (κ3) is 2.03. The summed E-state index contributed by atoms with van der Waals surface area (Å²) in [5.41, 5.74) is 7.95. The molecule has 0 amide bonds. The largest absolute Gasteiger partial charge is 0.399 e. The molecule has 2 rings (SSSR count). The van der Waals surface area contributed by atoms with Gasteiger partial charge >= 0.3 is 0 Å². The normalized spacial score (nSPS) is 16.1. The molecule has 3 N–H and O–H groups in total. The number of rotatable bonds is 1. The first-order valence-corrected chi connectivity index (χ1v) is 5.06. The molecule has 1 fully saturated rings. The molecule has 1 aromatic rings. The quantitative estimate of drug-likeness (QED) is 0.653. The molecule has 0 aliphatic carbocycles. The van der Waals surface area contributed by atoms with E-state index in [1.807, 2.05) is 12.1 Å². The Morgan fingerprint density at radius 2 is 2.07 bits per heavy atom. The Bertz CT molecular complexity index is 388. The van der Waals surface area contributed by atoms with E-state index in [0.29, 0.717) is 11.3 Å². The number of anilines is 2. The molecule has 1 heterocycles. The molecule has 0 unspecified atom stereocenters. The van der Waals surface area contributed by atoms with Gasteiger partial charge in [-0.3, -0.25) is 0 Å². The van der Waals surface area contributed by atoms with E-state index in [4.69, 9.17) is 11.0 Å². The molecule has 0 atom stereocenters. The minimum absolute atomic E-state index is 0.644. The van der Waals surface area contributed by atoms with Crippen LogP contribution in [-0.2, 0) is 0 Å². The van der Waals surface area contributed by atoms with Gasteiger partial charge in [0.05, 0.1) is 11.3 Å². The summed E-state index contributed by atoms with van der Waals surface area (Å²) in [7, 11) is 0. The number of nitrogens with two attached hydrogens (primary N) is 1. The van der Waals surface area contributed by atoms with E-state index in [1.165, 1.54) is 0 Å².